The third-order valence-corrected chi connectivity index (χ3v) is 4.54. The van der Waals surface area contributed by atoms with E-state index in [1.54, 1.807) is 7.11 Å². The van der Waals surface area contributed by atoms with Gasteiger partial charge in [-0.05, 0) is 26.2 Å². The Hall–Kier alpha value is -1.14. The van der Waals surface area contributed by atoms with Crippen LogP contribution in [0.25, 0.3) is 0 Å². The van der Waals surface area contributed by atoms with Gasteiger partial charge in [0.2, 0.25) is 0 Å². The molecule has 1 N–H and O–H groups in total. The summed E-state index contributed by atoms with van der Waals surface area (Å²) >= 11 is 1.26. The Morgan fingerprint density at radius 2 is 2.10 bits per heavy atom. The molecule has 5 nitrogen and oxygen atoms in total. The number of thiazole rings is 1. The molecule has 0 saturated carbocycles. The van der Waals surface area contributed by atoms with E-state index in [0.29, 0.717) is 17.2 Å². The van der Waals surface area contributed by atoms with Crippen LogP contribution in [0.2, 0.25) is 0 Å². The largest absolute Gasteiger partial charge is 0.477 e. The predicted octanol–water partition coefficient (Wildman–Crippen LogP) is 3.22. The number of methoxy groups -OCH3 is 1. The van der Waals surface area contributed by atoms with E-state index < -0.39 is 5.97 Å². The molecule has 2 unspecified atom stereocenters. The van der Waals surface area contributed by atoms with Crippen LogP contribution >= 0.6 is 11.3 Å². The highest BCUT2D eigenvalue weighted by Gasteiger charge is 2.24. The number of aromatic nitrogens is 1. The zero-order chi connectivity index (χ0) is 15.3. The number of anilines is 1. The molecule has 0 aliphatic rings. The van der Waals surface area contributed by atoms with E-state index in [2.05, 4.69) is 16.8 Å². The van der Waals surface area contributed by atoms with Gasteiger partial charge in [0, 0.05) is 13.7 Å². The van der Waals surface area contributed by atoms with Crippen molar-refractivity contribution in [2.75, 3.05) is 25.2 Å². The number of hydrogen-bond acceptors (Lipinski definition) is 5. The summed E-state index contributed by atoms with van der Waals surface area (Å²) in [5, 5.41) is 10.1. The van der Waals surface area contributed by atoms with Crippen molar-refractivity contribution in [3.63, 3.8) is 0 Å². The van der Waals surface area contributed by atoms with Crippen LogP contribution in [0.3, 0.4) is 0 Å². The minimum Gasteiger partial charge on any atom is -0.477 e. The summed E-state index contributed by atoms with van der Waals surface area (Å²) in [7, 11) is 1.67. The van der Waals surface area contributed by atoms with Crippen molar-refractivity contribution in [2.24, 2.45) is 0 Å². The minimum absolute atomic E-state index is 0.155. The molecule has 1 aromatic rings. The molecule has 0 spiro atoms. The number of carboxylic acid groups (broad SMARTS) is 1. The van der Waals surface area contributed by atoms with Crippen molar-refractivity contribution >= 4 is 22.4 Å². The van der Waals surface area contributed by atoms with E-state index in [0.717, 1.165) is 18.1 Å². The van der Waals surface area contributed by atoms with Crippen molar-refractivity contribution in [1.82, 2.24) is 4.98 Å². The third kappa shape index (κ3) is 3.70. The van der Waals surface area contributed by atoms with Crippen LogP contribution in [0.5, 0.6) is 0 Å². The van der Waals surface area contributed by atoms with Crippen molar-refractivity contribution in [2.45, 2.75) is 46.1 Å². The Kier molecular flexibility index (Phi) is 6.42. The summed E-state index contributed by atoms with van der Waals surface area (Å²) in [5.74, 6) is -0.734. The molecule has 20 heavy (non-hydrogen) atoms. The van der Waals surface area contributed by atoms with Crippen LogP contribution in [0.4, 0.5) is 5.13 Å². The molecule has 0 radical (unpaired) electrons. The van der Waals surface area contributed by atoms with E-state index in [-0.39, 0.29) is 12.0 Å². The highest BCUT2D eigenvalue weighted by Crippen LogP contribution is 2.33. The monoisotopic (exact) mass is 300 g/mol. The second-order valence-electron chi connectivity index (χ2n) is 4.92. The number of carbonyl (C=O) groups is 1. The van der Waals surface area contributed by atoms with Gasteiger partial charge in [-0.15, -0.1) is 0 Å². The van der Waals surface area contributed by atoms with Gasteiger partial charge in [0.05, 0.1) is 18.3 Å². The number of hydrogen-bond donors (Lipinski definition) is 1. The first kappa shape index (κ1) is 16.9. The number of likely N-dealkylation sites (N-methyl/N-ethyl adjacent to an activating group) is 1. The molecule has 114 valence electrons. The van der Waals surface area contributed by atoms with Crippen LogP contribution in [0.15, 0.2) is 0 Å². The van der Waals surface area contributed by atoms with Gasteiger partial charge in [-0.2, -0.15) is 0 Å². The standard InChI is InChI=1S/C14H24N2O3S/c1-6-9(3)11-12(13(17)18)20-14(15-11)16(7-2)10(4)8-19-5/h9-10H,6-8H2,1-5H3,(H,17,18). The lowest BCUT2D eigenvalue weighted by Gasteiger charge is -2.26. The summed E-state index contributed by atoms with van der Waals surface area (Å²) in [5.41, 5.74) is 0.697. The molecule has 0 aromatic carbocycles. The first-order chi connectivity index (χ1) is 9.46. The second-order valence-corrected chi connectivity index (χ2v) is 5.89. The smallest absolute Gasteiger partial charge is 0.347 e. The first-order valence-corrected chi connectivity index (χ1v) is 7.77. The minimum atomic E-state index is -0.889. The molecule has 0 aliphatic heterocycles. The Morgan fingerprint density at radius 1 is 1.45 bits per heavy atom. The molecule has 1 aromatic heterocycles. The SMILES string of the molecule is CCC(C)c1nc(N(CC)C(C)COC)sc1C(=O)O. The summed E-state index contributed by atoms with van der Waals surface area (Å²) in [4.78, 5) is 18.4. The Bertz CT molecular complexity index is 448. The summed E-state index contributed by atoms with van der Waals surface area (Å²) in [6.07, 6.45) is 0.878. The molecule has 0 amide bonds. The molecule has 0 fully saturated rings. The molecule has 2 atom stereocenters. The van der Waals surface area contributed by atoms with Crippen LogP contribution in [-0.4, -0.2) is 42.4 Å². The summed E-state index contributed by atoms with van der Waals surface area (Å²) in [6.45, 7) is 9.51. The fourth-order valence-electron chi connectivity index (χ4n) is 2.09. The fraction of sp³-hybridized carbons (Fsp3) is 0.714. The Labute approximate surface area is 124 Å². The normalized spacial score (nSPS) is 14.1. The Balaban J connectivity index is 3.14. The predicted molar refractivity (Wildman–Crippen MR) is 82.1 cm³/mol. The summed E-state index contributed by atoms with van der Waals surface area (Å²) < 4.78 is 5.18. The molecule has 6 heteroatoms. The van der Waals surface area contributed by atoms with Crippen molar-refractivity contribution in [3.05, 3.63) is 10.6 Å². The molecular formula is C14H24N2O3S. The fourth-order valence-corrected chi connectivity index (χ4v) is 3.28. The topological polar surface area (TPSA) is 62.7 Å². The zero-order valence-corrected chi connectivity index (χ0v) is 13.7. The van der Waals surface area contributed by atoms with E-state index in [9.17, 15) is 9.90 Å². The maximum absolute atomic E-state index is 11.4. The number of ether oxygens (including phenoxy) is 1. The maximum atomic E-state index is 11.4. The maximum Gasteiger partial charge on any atom is 0.347 e. The molecule has 1 rings (SSSR count). The molecule has 0 bridgehead atoms. The first-order valence-electron chi connectivity index (χ1n) is 6.95. The second kappa shape index (κ2) is 7.59. The van der Waals surface area contributed by atoms with Crippen LogP contribution in [-0.2, 0) is 4.74 Å². The van der Waals surface area contributed by atoms with E-state index >= 15 is 0 Å². The highest BCUT2D eigenvalue weighted by molar-refractivity contribution is 7.17. The zero-order valence-electron chi connectivity index (χ0n) is 12.8. The highest BCUT2D eigenvalue weighted by atomic mass is 32.1. The van der Waals surface area contributed by atoms with Gasteiger partial charge in [0.25, 0.3) is 0 Å². The van der Waals surface area contributed by atoms with Gasteiger partial charge in [0.15, 0.2) is 5.13 Å². The van der Waals surface area contributed by atoms with Crippen LogP contribution in [0.1, 0.15) is 55.4 Å². The lowest BCUT2D eigenvalue weighted by atomic mass is 10.0. The average Bonchev–Trinajstić information content (AvgIpc) is 2.84. The number of carboxylic acids is 1. The molecule has 1 heterocycles. The van der Waals surface area contributed by atoms with Crippen molar-refractivity contribution in [1.29, 1.82) is 0 Å². The lowest BCUT2D eigenvalue weighted by molar-refractivity contribution is 0.0700. The molecule has 0 aliphatic carbocycles. The van der Waals surface area contributed by atoms with E-state index in [1.165, 1.54) is 11.3 Å². The molecular weight excluding hydrogens is 276 g/mol. The Morgan fingerprint density at radius 3 is 2.55 bits per heavy atom. The van der Waals surface area contributed by atoms with Crippen LogP contribution < -0.4 is 4.90 Å². The van der Waals surface area contributed by atoms with Gasteiger partial charge >= 0.3 is 5.97 Å². The van der Waals surface area contributed by atoms with Gasteiger partial charge in [-0.3, -0.25) is 0 Å². The van der Waals surface area contributed by atoms with Gasteiger partial charge < -0.3 is 14.7 Å². The van der Waals surface area contributed by atoms with Gasteiger partial charge in [-0.1, -0.05) is 25.2 Å². The number of rotatable bonds is 8. The molecule has 0 saturated heterocycles. The van der Waals surface area contributed by atoms with Gasteiger partial charge in [0.1, 0.15) is 4.88 Å². The number of aromatic carboxylic acids is 1. The van der Waals surface area contributed by atoms with Crippen LogP contribution in [0, 0.1) is 0 Å². The quantitative estimate of drug-likeness (QED) is 0.798. The lowest BCUT2D eigenvalue weighted by Crippen LogP contribution is -2.36. The van der Waals surface area contributed by atoms with E-state index in [1.807, 2.05) is 20.8 Å². The van der Waals surface area contributed by atoms with Gasteiger partial charge in [-0.25, -0.2) is 9.78 Å². The van der Waals surface area contributed by atoms with Crippen molar-refractivity contribution in [3.8, 4) is 0 Å². The summed E-state index contributed by atoms with van der Waals surface area (Å²) in [6, 6.07) is 0.169. The van der Waals surface area contributed by atoms with Crippen molar-refractivity contribution < 1.29 is 14.6 Å². The third-order valence-electron chi connectivity index (χ3n) is 3.44. The average molecular weight is 300 g/mol. The number of nitrogens with zero attached hydrogens (tertiary/aromatic N) is 2. The van der Waals surface area contributed by atoms with E-state index in [4.69, 9.17) is 4.74 Å².